The fraction of sp³-hybridized carbons (Fsp3) is 0.632. The van der Waals surface area contributed by atoms with Gasteiger partial charge in [-0.05, 0) is 68.6 Å². The zero-order valence-corrected chi connectivity index (χ0v) is 14.8. The Balaban J connectivity index is 0.00000169. The Morgan fingerprint density at radius 3 is 2.67 bits per heavy atom. The van der Waals surface area contributed by atoms with Crippen molar-refractivity contribution >= 4 is 18.3 Å². The lowest BCUT2D eigenvalue weighted by molar-refractivity contribution is 0.0778. The van der Waals surface area contributed by atoms with Gasteiger partial charge in [0, 0.05) is 24.7 Å². The smallest absolute Gasteiger partial charge is 0.254 e. The van der Waals surface area contributed by atoms with Gasteiger partial charge >= 0.3 is 0 Å². The van der Waals surface area contributed by atoms with Gasteiger partial charge in [0.05, 0.1) is 6.10 Å². The fourth-order valence-corrected chi connectivity index (χ4v) is 4.56. The summed E-state index contributed by atoms with van der Waals surface area (Å²) in [6.07, 6.45) is 7.37. The molecule has 3 unspecified atom stereocenters. The van der Waals surface area contributed by atoms with Gasteiger partial charge in [-0.15, -0.1) is 12.4 Å². The van der Waals surface area contributed by atoms with Crippen LogP contribution in [0.1, 0.15) is 48.9 Å². The molecule has 1 amide bonds. The van der Waals surface area contributed by atoms with Gasteiger partial charge < -0.3 is 15.4 Å². The summed E-state index contributed by atoms with van der Waals surface area (Å²) in [5.41, 5.74) is 6.92. The maximum atomic E-state index is 12.8. The average Bonchev–Trinajstić information content (AvgIpc) is 3.27. The van der Waals surface area contributed by atoms with E-state index < -0.39 is 0 Å². The second kappa shape index (κ2) is 7.32. The molecule has 1 aliphatic heterocycles. The lowest BCUT2D eigenvalue weighted by atomic mass is 9.98. The van der Waals surface area contributed by atoms with Crippen LogP contribution in [0.5, 0.6) is 5.75 Å². The molecule has 3 aliphatic rings. The first kappa shape index (κ1) is 17.6. The predicted octanol–water partition coefficient (Wildman–Crippen LogP) is 3.24. The number of rotatable bonds is 3. The highest BCUT2D eigenvalue weighted by atomic mass is 35.5. The van der Waals surface area contributed by atoms with Gasteiger partial charge in [0.25, 0.3) is 5.91 Å². The number of fused-ring (bicyclic) bond motifs is 1. The number of likely N-dealkylation sites (tertiary alicyclic amines) is 1. The zero-order valence-electron chi connectivity index (χ0n) is 14.0. The quantitative estimate of drug-likeness (QED) is 0.910. The number of carbonyl (C=O) groups excluding carboxylic acids is 1. The summed E-state index contributed by atoms with van der Waals surface area (Å²) in [5, 5.41) is 0. The molecule has 2 N–H and O–H groups in total. The molecule has 1 heterocycles. The number of nitrogens with zero attached hydrogens (tertiary/aromatic N) is 1. The molecule has 0 radical (unpaired) electrons. The number of hydrogen-bond donors (Lipinski definition) is 1. The summed E-state index contributed by atoms with van der Waals surface area (Å²) in [5.74, 6) is 2.06. The van der Waals surface area contributed by atoms with Crippen LogP contribution >= 0.6 is 12.4 Å². The van der Waals surface area contributed by atoms with E-state index in [-0.39, 0.29) is 24.4 Å². The van der Waals surface area contributed by atoms with Crippen molar-refractivity contribution in [2.75, 3.05) is 13.1 Å². The van der Waals surface area contributed by atoms with Gasteiger partial charge in [0.15, 0.2) is 0 Å². The number of carbonyl (C=O) groups is 1. The normalized spacial score (nSPS) is 29.4. The standard InChI is InChI=1S/C19H26N2O2.ClH/c20-18-9-8-14-11-21(12-17(14)18)19(22)13-4-3-7-16(10-13)23-15-5-1-2-6-15;/h3-4,7,10,14-15,17-18H,1-2,5-6,8-9,11-12,20H2;1H. The zero-order chi connectivity index (χ0) is 15.8. The summed E-state index contributed by atoms with van der Waals surface area (Å²) in [6.45, 7) is 1.68. The predicted molar refractivity (Wildman–Crippen MR) is 96.7 cm³/mol. The number of benzene rings is 1. The van der Waals surface area contributed by atoms with Crippen molar-refractivity contribution in [1.29, 1.82) is 0 Å². The Bertz CT molecular complexity index is 588. The Morgan fingerprint density at radius 2 is 1.92 bits per heavy atom. The van der Waals surface area contributed by atoms with Crippen LogP contribution in [0.15, 0.2) is 24.3 Å². The minimum atomic E-state index is 0. The average molecular weight is 351 g/mol. The molecular formula is C19H27ClN2O2. The van der Waals surface area contributed by atoms with E-state index in [0.29, 0.717) is 17.9 Å². The summed E-state index contributed by atoms with van der Waals surface area (Å²) in [7, 11) is 0. The minimum absolute atomic E-state index is 0. The van der Waals surface area contributed by atoms with Gasteiger partial charge in [0.1, 0.15) is 5.75 Å². The van der Waals surface area contributed by atoms with Crippen molar-refractivity contribution in [1.82, 2.24) is 4.90 Å². The lowest BCUT2D eigenvalue weighted by Gasteiger charge is -2.19. The second-order valence-corrected chi connectivity index (χ2v) is 7.43. The van der Waals surface area contributed by atoms with Crippen LogP contribution < -0.4 is 10.5 Å². The second-order valence-electron chi connectivity index (χ2n) is 7.43. The molecule has 3 atom stereocenters. The first-order valence-corrected chi connectivity index (χ1v) is 9.02. The minimum Gasteiger partial charge on any atom is -0.490 e. The molecule has 2 saturated carbocycles. The van der Waals surface area contributed by atoms with E-state index >= 15 is 0 Å². The number of amides is 1. The molecule has 24 heavy (non-hydrogen) atoms. The Labute approximate surface area is 150 Å². The molecule has 0 aromatic heterocycles. The van der Waals surface area contributed by atoms with Crippen LogP contribution in [-0.2, 0) is 0 Å². The third kappa shape index (κ3) is 3.40. The lowest BCUT2D eigenvalue weighted by Crippen LogP contribution is -2.33. The van der Waals surface area contributed by atoms with E-state index in [2.05, 4.69) is 0 Å². The maximum absolute atomic E-state index is 12.8. The van der Waals surface area contributed by atoms with E-state index in [0.717, 1.165) is 43.7 Å². The molecule has 5 heteroatoms. The van der Waals surface area contributed by atoms with Crippen molar-refractivity contribution in [2.24, 2.45) is 17.6 Å². The highest BCUT2D eigenvalue weighted by Gasteiger charge is 2.42. The molecule has 0 bridgehead atoms. The number of ether oxygens (including phenoxy) is 1. The van der Waals surface area contributed by atoms with Crippen LogP contribution in [0.3, 0.4) is 0 Å². The Morgan fingerprint density at radius 1 is 1.12 bits per heavy atom. The van der Waals surface area contributed by atoms with Crippen molar-refractivity contribution in [3.05, 3.63) is 29.8 Å². The topological polar surface area (TPSA) is 55.6 Å². The monoisotopic (exact) mass is 350 g/mol. The van der Waals surface area contributed by atoms with E-state index in [1.807, 2.05) is 29.2 Å². The SMILES string of the molecule is Cl.NC1CCC2CN(C(=O)c3cccc(OC4CCCC4)c3)CC12. The van der Waals surface area contributed by atoms with E-state index in [1.54, 1.807) is 0 Å². The molecular weight excluding hydrogens is 324 g/mol. The first-order valence-electron chi connectivity index (χ1n) is 9.02. The number of nitrogens with two attached hydrogens (primary N) is 1. The number of halogens is 1. The molecule has 1 saturated heterocycles. The Kier molecular flexibility index (Phi) is 5.36. The van der Waals surface area contributed by atoms with Gasteiger partial charge in [-0.1, -0.05) is 6.07 Å². The largest absolute Gasteiger partial charge is 0.490 e. The Hall–Kier alpha value is -1.26. The molecule has 132 valence electrons. The van der Waals surface area contributed by atoms with Crippen molar-refractivity contribution in [3.8, 4) is 5.75 Å². The summed E-state index contributed by atoms with van der Waals surface area (Å²) >= 11 is 0. The van der Waals surface area contributed by atoms with E-state index in [1.165, 1.54) is 19.3 Å². The molecule has 1 aromatic carbocycles. The molecule has 3 fully saturated rings. The van der Waals surface area contributed by atoms with Gasteiger partial charge in [-0.2, -0.15) is 0 Å². The van der Waals surface area contributed by atoms with Crippen LogP contribution in [0, 0.1) is 11.8 Å². The molecule has 1 aromatic rings. The van der Waals surface area contributed by atoms with E-state index in [4.69, 9.17) is 10.5 Å². The van der Waals surface area contributed by atoms with Crippen LogP contribution in [0.2, 0.25) is 0 Å². The molecule has 0 spiro atoms. The highest BCUT2D eigenvalue weighted by Crippen LogP contribution is 2.37. The first-order chi connectivity index (χ1) is 11.2. The van der Waals surface area contributed by atoms with Crippen molar-refractivity contribution in [3.63, 3.8) is 0 Å². The third-order valence-corrected chi connectivity index (χ3v) is 5.89. The summed E-state index contributed by atoms with van der Waals surface area (Å²) < 4.78 is 6.03. The fourth-order valence-electron chi connectivity index (χ4n) is 4.56. The van der Waals surface area contributed by atoms with Crippen LogP contribution in [0.4, 0.5) is 0 Å². The maximum Gasteiger partial charge on any atom is 0.254 e. The molecule has 2 aliphatic carbocycles. The third-order valence-electron chi connectivity index (χ3n) is 5.89. The van der Waals surface area contributed by atoms with Crippen LogP contribution in [-0.4, -0.2) is 36.0 Å². The summed E-state index contributed by atoms with van der Waals surface area (Å²) in [6, 6.07) is 7.98. The van der Waals surface area contributed by atoms with E-state index in [9.17, 15) is 4.79 Å². The van der Waals surface area contributed by atoms with Crippen molar-refractivity contribution < 1.29 is 9.53 Å². The van der Waals surface area contributed by atoms with Gasteiger partial charge in [-0.3, -0.25) is 4.79 Å². The molecule has 4 rings (SSSR count). The van der Waals surface area contributed by atoms with Gasteiger partial charge in [-0.25, -0.2) is 0 Å². The van der Waals surface area contributed by atoms with Crippen LogP contribution in [0.25, 0.3) is 0 Å². The highest BCUT2D eigenvalue weighted by molar-refractivity contribution is 5.94. The molecule has 4 nitrogen and oxygen atoms in total. The number of hydrogen-bond acceptors (Lipinski definition) is 3. The summed E-state index contributed by atoms with van der Waals surface area (Å²) in [4.78, 5) is 14.8. The van der Waals surface area contributed by atoms with Crippen molar-refractivity contribution in [2.45, 2.75) is 50.7 Å². The van der Waals surface area contributed by atoms with Gasteiger partial charge in [0.2, 0.25) is 0 Å².